The molecule has 4 aromatic rings. The molecule has 0 radical (unpaired) electrons. The first kappa shape index (κ1) is 23.6. The summed E-state index contributed by atoms with van der Waals surface area (Å²) in [4.78, 5) is 25.8. The van der Waals surface area contributed by atoms with E-state index in [4.69, 9.17) is 0 Å². The number of rotatable bonds is 8. The molecule has 0 aliphatic carbocycles. The van der Waals surface area contributed by atoms with Gasteiger partial charge in [0.15, 0.2) is 0 Å². The number of carbonyl (C=O) groups is 2. The Kier molecular flexibility index (Phi) is 7.65. The first-order valence-corrected chi connectivity index (χ1v) is 13.3. The highest BCUT2D eigenvalue weighted by atomic mass is 31.1. The van der Waals surface area contributed by atoms with Crippen LogP contribution in [0.1, 0.15) is 0 Å². The first-order chi connectivity index (χ1) is 16.6. The first-order valence-electron chi connectivity index (χ1n) is 10.6. The Hall–Kier alpha value is -3.58. The lowest BCUT2D eigenvalue weighted by Gasteiger charge is -2.26. The van der Waals surface area contributed by atoms with Crippen LogP contribution < -0.4 is 21.2 Å². The summed E-state index contributed by atoms with van der Waals surface area (Å²) in [5.74, 6) is -2.42. The van der Waals surface area contributed by atoms with Crippen molar-refractivity contribution in [3.63, 3.8) is 0 Å². The van der Waals surface area contributed by atoms with E-state index in [-0.39, 0.29) is 10.6 Å². The molecule has 0 aromatic heterocycles. The van der Waals surface area contributed by atoms with E-state index in [2.05, 4.69) is 0 Å². The van der Waals surface area contributed by atoms with Crippen LogP contribution in [0.3, 0.4) is 0 Å². The van der Waals surface area contributed by atoms with Crippen molar-refractivity contribution in [2.75, 3.05) is 0 Å². The van der Waals surface area contributed by atoms with E-state index >= 15 is 0 Å². The van der Waals surface area contributed by atoms with Gasteiger partial charge in [0.05, 0.1) is 10.6 Å². The van der Waals surface area contributed by atoms with E-state index in [1.54, 1.807) is 0 Å². The van der Waals surface area contributed by atoms with Crippen LogP contribution in [0.5, 0.6) is 0 Å². The number of benzene rings is 4. The quantitative estimate of drug-likeness (QED) is 0.283. The SMILES string of the molecule is O=C(O)C(=C(C(=O)O)P(c1ccccc1)c1ccccc1)P(c1ccccc1)c1ccccc1. The Labute approximate surface area is 200 Å². The summed E-state index contributed by atoms with van der Waals surface area (Å²) < 4.78 is 0. The van der Waals surface area contributed by atoms with Crippen molar-refractivity contribution in [1.82, 2.24) is 0 Å². The highest BCUT2D eigenvalue weighted by molar-refractivity contribution is 7.82. The van der Waals surface area contributed by atoms with Crippen LogP contribution in [0.25, 0.3) is 0 Å². The molecule has 6 heteroatoms. The average Bonchev–Trinajstić information content (AvgIpc) is 2.88. The molecule has 0 aliphatic rings. The summed E-state index contributed by atoms with van der Waals surface area (Å²) in [6.07, 6.45) is 0. The highest BCUT2D eigenvalue weighted by Gasteiger charge is 2.35. The molecule has 4 nitrogen and oxygen atoms in total. The maximum absolute atomic E-state index is 12.9. The van der Waals surface area contributed by atoms with E-state index in [0.29, 0.717) is 0 Å². The van der Waals surface area contributed by atoms with Crippen LogP contribution >= 0.6 is 15.8 Å². The normalized spacial score (nSPS) is 11.8. The zero-order chi connectivity index (χ0) is 23.9. The lowest BCUT2D eigenvalue weighted by atomic mass is 10.4. The average molecular weight is 484 g/mol. The fourth-order valence-electron chi connectivity index (χ4n) is 3.73. The van der Waals surface area contributed by atoms with Gasteiger partial charge in [-0.25, -0.2) is 9.59 Å². The Morgan fingerprint density at radius 1 is 0.412 bits per heavy atom. The van der Waals surface area contributed by atoms with Gasteiger partial charge < -0.3 is 10.2 Å². The Bertz CT molecular complexity index is 1110. The number of aliphatic carboxylic acids is 2. The summed E-state index contributed by atoms with van der Waals surface area (Å²) >= 11 is 0. The van der Waals surface area contributed by atoms with Gasteiger partial charge in [0.1, 0.15) is 0 Å². The van der Waals surface area contributed by atoms with Crippen LogP contribution in [0.4, 0.5) is 0 Å². The van der Waals surface area contributed by atoms with Gasteiger partial charge in [-0.05, 0) is 37.1 Å². The molecule has 0 saturated carbocycles. The summed E-state index contributed by atoms with van der Waals surface area (Å²) in [6.45, 7) is 0. The van der Waals surface area contributed by atoms with Crippen LogP contribution in [0.2, 0.25) is 0 Å². The molecule has 4 aromatic carbocycles. The Morgan fingerprint density at radius 3 is 0.794 bits per heavy atom. The van der Waals surface area contributed by atoms with Gasteiger partial charge in [-0.2, -0.15) is 0 Å². The monoisotopic (exact) mass is 484 g/mol. The van der Waals surface area contributed by atoms with Crippen molar-refractivity contribution in [3.05, 3.63) is 132 Å². The minimum Gasteiger partial charge on any atom is -0.478 e. The van der Waals surface area contributed by atoms with Crippen molar-refractivity contribution < 1.29 is 19.8 Å². The lowest BCUT2D eigenvalue weighted by molar-refractivity contribution is -0.134. The van der Waals surface area contributed by atoms with Crippen LogP contribution in [-0.4, -0.2) is 22.2 Å². The molecule has 0 unspecified atom stereocenters. The molecule has 0 spiro atoms. The third-order valence-electron chi connectivity index (χ3n) is 5.13. The second-order valence-corrected chi connectivity index (χ2v) is 11.6. The summed E-state index contributed by atoms with van der Waals surface area (Å²) in [5, 5.41) is 24.1. The summed E-state index contributed by atoms with van der Waals surface area (Å²) in [7, 11) is -3.25. The van der Waals surface area contributed by atoms with Crippen molar-refractivity contribution in [2.45, 2.75) is 0 Å². The van der Waals surface area contributed by atoms with Gasteiger partial charge in [-0.15, -0.1) is 0 Å². The summed E-state index contributed by atoms with van der Waals surface area (Å²) in [5.41, 5.74) is 0. The molecule has 0 atom stereocenters. The van der Waals surface area contributed by atoms with E-state index in [1.165, 1.54) is 0 Å². The number of hydrogen-bond donors (Lipinski definition) is 2. The van der Waals surface area contributed by atoms with Gasteiger partial charge in [-0.3, -0.25) is 0 Å². The predicted octanol–water partition coefficient (Wildman–Crippen LogP) is 4.63. The molecular formula is C28H22O4P2. The maximum atomic E-state index is 12.9. The number of carboxylic acid groups (broad SMARTS) is 2. The van der Waals surface area contributed by atoms with Crippen LogP contribution in [-0.2, 0) is 9.59 Å². The third-order valence-corrected chi connectivity index (χ3v) is 10.3. The topological polar surface area (TPSA) is 74.6 Å². The molecular weight excluding hydrogens is 462 g/mol. The van der Waals surface area contributed by atoms with Gasteiger partial charge in [0.25, 0.3) is 0 Å². The minimum absolute atomic E-state index is 0.0567. The number of carboxylic acids is 2. The van der Waals surface area contributed by atoms with Gasteiger partial charge in [0.2, 0.25) is 0 Å². The fraction of sp³-hybridized carbons (Fsp3) is 0. The fourth-order valence-corrected chi connectivity index (χ4v) is 8.84. The molecule has 34 heavy (non-hydrogen) atoms. The van der Waals surface area contributed by atoms with Crippen molar-refractivity contribution >= 4 is 49.0 Å². The van der Waals surface area contributed by atoms with Gasteiger partial charge >= 0.3 is 11.9 Å². The molecule has 0 aliphatic heterocycles. The predicted molar refractivity (Wildman–Crippen MR) is 140 cm³/mol. The zero-order valence-corrected chi connectivity index (χ0v) is 19.9. The largest absolute Gasteiger partial charge is 0.478 e. The van der Waals surface area contributed by atoms with E-state index in [0.717, 1.165) is 21.2 Å². The third kappa shape index (κ3) is 5.15. The molecule has 0 fully saturated rings. The van der Waals surface area contributed by atoms with E-state index in [1.807, 2.05) is 121 Å². The smallest absolute Gasteiger partial charge is 0.337 e. The minimum atomic E-state index is -1.62. The molecule has 2 N–H and O–H groups in total. The van der Waals surface area contributed by atoms with Crippen molar-refractivity contribution in [1.29, 1.82) is 0 Å². The van der Waals surface area contributed by atoms with Gasteiger partial charge in [0, 0.05) is 0 Å². The second kappa shape index (κ2) is 11.0. The molecule has 4 rings (SSSR count). The molecule has 0 bridgehead atoms. The Balaban J connectivity index is 2.08. The molecule has 0 heterocycles. The highest BCUT2D eigenvalue weighted by Crippen LogP contribution is 2.53. The van der Waals surface area contributed by atoms with Gasteiger partial charge in [-0.1, -0.05) is 121 Å². The maximum Gasteiger partial charge on any atom is 0.337 e. The molecule has 0 saturated heterocycles. The van der Waals surface area contributed by atoms with Crippen LogP contribution in [0, 0.1) is 0 Å². The number of hydrogen-bond acceptors (Lipinski definition) is 2. The van der Waals surface area contributed by atoms with E-state index in [9.17, 15) is 19.8 Å². The van der Waals surface area contributed by atoms with Crippen LogP contribution in [0.15, 0.2) is 132 Å². The second-order valence-electron chi connectivity index (χ2n) is 7.32. The van der Waals surface area contributed by atoms with Crippen molar-refractivity contribution in [2.24, 2.45) is 0 Å². The lowest BCUT2D eigenvalue weighted by Crippen LogP contribution is -2.24. The summed E-state index contributed by atoms with van der Waals surface area (Å²) in [6, 6.07) is 37.2. The standard InChI is InChI=1S/C28H22O4P2/c29-27(30)25(33(21-13-5-1-6-14-21)22-15-7-2-8-16-22)26(28(31)32)34(23-17-9-3-10-18-23)24-19-11-4-12-20-24/h1-20H,(H,29,30)(H,31,32). The molecule has 168 valence electrons. The zero-order valence-electron chi connectivity index (χ0n) is 18.2. The van der Waals surface area contributed by atoms with Crippen molar-refractivity contribution in [3.8, 4) is 0 Å². The van der Waals surface area contributed by atoms with E-state index < -0.39 is 27.8 Å². The molecule has 0 amide bonds. The Morgan fingerprint density at radius 2 is 0.618 bits per heavy atom.